The molecule has 1 aliphatic rings. The molecule has 1 atom stereocenters. The van der Waals surface area contributed by atoms with Crippen LogP contribution in [0.25, 0.3) is 5.76 Å². The number of carbonyl (C=O) groups excluding carboxylic acids is 2. The third kappa shape index (κ3) is 2.69. The summed E-state index contributed by atoms with van der Waals surface area (Å²) in [6, 6.07) is 13.4. The topological polar surface area (TPSA) is 57.6 Å². The Morgan fingerprint density at radius 2 is 1.62 bits per heavy atom. The molecular weight excluding hydrogens is 326 g/mol. The molecule has 0 bridgehead atoms. The second-order valence-corrected chi connectivity index (χ2v) is 6.26. The normalized spacial score (nSPS) is 19.8. The summed E-state index contributed by atoms with van der Waals surface area (Å²) in [5.41, 5.74) is 2.39. The summed E-state index contributed by atoms with van der Waals surface area (Å²) in [6.07, 6.45) is 0. The summed E-state index contributed by atoms with van der Waals surface area (Å²) in [4.78, 5) is 25.9. The summed E-state index contributed by atoms with van der Waals surface area (Å²) < 4.78 is 0. The zero-order valence-electron chi connectivity index (χ0n) is 13.3. The molecule has 1 amide bonds. The number of nitrogens with zero attached hydrogens (tertiary/aromatic N) is 1. The molecule has 1 aliphatic heterocycles. The number of benzene rings is 2. The van der Waals surface area contributed by atoms with Gasteiger partial charge in [-0.05, 0) is 36.8 Å². The van der Waals surface area contributed by atoms with Crippen molar-refractivity contribution in [1.29, 1.82) is 0 Å². The van der Waals surface area contributed by atoms with E-state index in [4.69, 9.17) is 11.6 Å². The van der Waals surface area contributed by atoms with E-state index in [0.717, 1.165) is 11.1 Å². The van der Waals surface area contributed by atoms with Gasteiger partial charge < -0.3 is 10.0 Å². The van der Waals surface area contributed by atoms with Crippen LogP contribution in [0.15, 0.2) is 54.1 Å². The Bertz CT molecular complexity index is 838. The summed E-state index contributed by atoms with van der Waals surface area (Å²) in [7, 11) is 1.56. The molecule has 0 spiro atoms. The highest BCUT2D eigenvalue weighted by molar-refractivity contribution is 6.46. The number of aliphatic hydroxyl groups is 1. The predicted molar refractivity (Wildman–Crippen MR) is 92.7 cm³/mol. The molecule has 0 radical (unpaired) electrons. The van der Waals surface area contributed by atoms with Crippen molar-refractivity contribution < 1.29 is 14.7 Å². The molecule has 1 N–H and O–H groups in total. The van der Waals surface area contributed by atoms with E-state index in [1.54, 1.807) is 31.3 Å². The number of likely N-dealkylation sites (N-methyl/N-ethyl adjacent to an activating group) is 1. The zero-order chi connectivity index (χ0) is 17.4. The van der Waals surface area contributed by atoms with Crippen molar-refractivity contribution >= 4 is 29.1 Å². The van der Waals surface area contributed by atoms with Gasteiger partial charge in [-0.25, -0.2) is 0 Å². The lowest BCUT2D eigenvalue weighted by molar-refractivity contribution is -0.139. The number of amides is 1. The maximum atomic E-state index is 12.4. The van der Waals surface area contributed by atoms with E-state index in [2.05, 4.69) is 0 Å². The Balaban J connectivity index is 2.16. The van der Waals surface area contributed by atoms with Gasteiger partial charge in [-0.1, -0.05) is 41.4 Å². The van der Waals surface area contributed by atoms with Crippen molar-refractivity contribution in [2.75, 3.05) is 7.05 Å². The van der Waals surface area contributed by atoms with Gasteiger partial charge in [-0.15, -0.1) is 0 Å². The lowest BCUT2D eigenvalue weighted by Gasteiger charge is -2.21. The quantitative estimate of drug-likeness (QED) is 0.515. The molecule has 1 saturated heterocycles. The summed E-state index contributed by atoms with van der Waals surface area (Å²) in [5.74, 6) is -1.51. The largest absolute Gasteiger partial charge is 0.507 e. The molecule has 122 valence electrons. The zero-order valence-corrected chi connectivity index (χ0v) is 14.0. The van der Waals surface area contributed by atoms with Gasteiger partial charge in [0, 0.05) is 17.6 Å². The van der Waals surface area contributed by atoms with Gasteiger partial charge in [-0.2, -0.15) is 0 Å². The van der Waals surface area contributed by atoms with Crippen LogP contribution >= 0.6 is 11.6 Å². The molecule has 3 rings (SSSR count). The third-order valence-electron chi connectivity index (χ3n) is 4.19. The average Bonchev–Trinajstić information content (AvgIpc) is 2.80. The van der Waals surface area contributed by atoms with Crippen LogP contribution in [0, 0.1) is 6.92 Å². The number of ketones is 1. The van der Waals surface area contributed by atoms with Crippen LogP contribution in [0.2, 0.25) is 5.02 Å². The van der Waals surface area contributed by atoms with Gasteiger partial charge in [0.1, 0.15) is 5.76 Å². The summed E-state index contributed by atoms with van der Waals surface area (Å²) >= 11 is 5.86. The van der Waals surface area contributed by atoms with Gasteiger partial charge >= 0.3 is 0 Å². The van der Waals surface area contributed by atoms with Crippen molar-refractivity contribution in [3.8, 4) is 0 Å². The Kier molecular flexibility index (Phi) is 4.16. The van der Waals surface area contributed by atoms with Gasteiger partial charge in [0.2, 0.25) is 0 Å². The number of rotatable bonds is 2. The monoisotopic (exact) mass is 341 g/mol. The maximum Gasteiger partial charge on any atom is 0.295 e. The van der Waals surface area contributed by atoms with Crippen molar-refractivity contribution in [2.45, 2.75) is 13.0 Å². The first kappa shape index (κ1) is 16.3. The van der Waals surface area contributed by atoms with Gasteiger partial charge in [0.15, 0.2) is 0 Å². The van der Waals surface area contributed by atoms with E-state index in [1.165, 1.54) is 4.90 Å². The van der Waals surface area contributed by atoms with Crippen LogP contribution < -0.4 is 0 Å². The number of Topliss-reactive ketones (excluding diaryl/α,β-unsaturated/α-hetero) is 1. The maximum absolute atomic E-state index is 12.4. The minimum absolute atomic E-state index is 0.0914. The minimum Gasteiger partial charge on any atom is -0.507 e. The van der Waals surface area contributed by atoms with E-state index in [0.29, 0.717) is 10.6 Å². The van der Waals surface area contributed by atoms with E-state index >= 15 is 0 Å². The fourth-order valence-corrected chi connectivity index (χ4v) is 2.98. The molecule has 24 heavy (non-hydrogen) atoms. The van der Waals surface area contributed by atoms with Gasteiger partial charge in [0.25, 0.3) is 11.7 Å². The predicted octanol–water partition coefficient (Wildman–Crippen LogP) is 3.70. The Morgan fingerprint density at radius 1 is 1.04 bits per heavy atom. The van der Waals surface area contributed by atoms with E-state index in [-0.39, 0.29) is 11.3 Å². The third-order valence-corrected chi connectivity index (χ3v) is 4.44. The number of hydrogen-bond acceptors (Lipinski definition) is 3. The molecule has 2 aromatic carbocycles. The average molecular weight is 342 g/mol. The van der Waals surface area contributed by atoms with Crippen molar-refractivity contribution in [2.24, 2.45) is 0 Å². The van der Waals surface area contributed by atoms with Crippen LogP contribution in [-0.4, -0.2) is 28.7 Å². The Morgan fingerprint density at radius 3 is 2.21 bits per heavy atom. The number of likely N-dealkylation sites (tertiary alicyclic amines) is 1. The fraction of sp³-hybridized carbons (Fsp3) is 0.158. The van der Waals surface area contributed by atoms with E-state index < -0.39 is 17.7 Å². The van der Waals surface area contributed by atoms with Crippen molar-refractivity contribution in [1.82, 2.24) is 4.90 Å². The number of halogens is 1. The fourth-order valence-electron chi connectivity index (χ4n) is 2.85. The number of hydrogen-bond donors (Lipinski definition) is 1. The first-order chi connectivity index (χ1) is 11.4. The second kappa shape index (κ2) is 6.13. The first-order valence-corrected chi connectivity index (χ1v) is 7.85. The summed E-state index contributed by atoms with van der Waals surface area (Å²) in [6.45, 7) is 1.96. The highest BCUT2D eigenvalue weighted by atomic mass is 35.5. The van der Waals surface area contributed by atoms with Crippen molar-refractivity contribution in [3.63, 3.8) is 0 Å². The molecule has 0 aromatic heterocycles. The molecule has 2 aromatic rings. The second-order valence-electron chi connectivity index (χ2n) is 5.83. The first-order valence-electron chi connectivity index (χ1n) is 7.47. The van der Waals surface area contributed by atoms with E-state index in [1.807, 2.05) is 31.2 Å². The minimum atomic E-state index is -0.685. The standard InChI is InChI=1S/C19H16ClNO3/c1-11-3-5-12(6-4-11)16-15(18(23)19(24)21(16)2)17(22)13-7-9-14(20)10-8-13/h3-10,16,22H,1-2H3/b17-15+. The van der Waals surface area contributed by atoms with Gasteiger partial charge in [0.05, 0.1) is 11.6 Å². The lowest BCUT2D eigenvalue weighted by Crippen LogP contribution is -2.24. The molecule has 0 aliphatic carbocycles. The molecule has 1 fully saturated rings. The van der Waals surface area contributed by atoms with Crippen LogP contribution in [0.3, 0.4) is 0 Å². The highest BCUT2D eigenvalue weighted by Crippen LogP contribution is 2.38. The van der Waals surface area contributed by atoms with Gasteiger partial charge in [-0.3, -0.25) is 9.59 Å². The lowest BCUT2D eigenvalue weighted by atomic mass is 9.95. The van der Waals surface area contributed by atoms with E-state index in [9.17, 15) is 14.7 Å². The molecular formula is C19H16ClNO3. The Labute approximate surface area is 145 Å². The van der Waals surface area contributed by atoms with Crippen LogP contribution in [0.5, 0.6) is 0 Å². The summed E-state index contributed by atoms with van der Waals surface area (Å²) in [5, 5.41) is 11.2. The van der Waals surface area contributed by atoms with Crippen LogP contribution in [0.4, 0.5) is 0 Å². The molecule has 1 unspecified atom stereocenters. The molecule has 5 heteroatoms. The van der Waals surface area contributed by atoms with Crippen molar-refractivity contribution in [3.05, 3.63) is 75.8 Å². The molecule has 0 saturated carbocycles. The highest BCUT2D eigenvalue weighted by Gasteiger charge is 2.44. The van der Waals surface area contributed by atoms with Crippen LogP contribution in [-0.2, 0) is 9.59 Å². The SMILES string of the molecule is Cc1ccc(C2/C(=C(\O)c3ccc(Cl)cc3)C(=O)C(=O)N2C)cc1. The van der Waals surface area contributed by atoms with Crippen LogP contribution in [0.1, 0.15) is 22.7 Å². The number of carbonyl (C=O) groups is 2. The number of aliphatic hydroxyl groups excluding tert-OH is 1. The smallest absolute Gasteiger partial charge is 0.295 e. The number of aryl methyl sites for hydroxylation is 1. The molecule has 4 nitrogen and oxygen atoms in total. The Hall–Kier alpha value is -2.59. The molecule has 1 heterocycles.